The summed E-state index contributed by atoms with van der Waals surface area (Å²) in [7, 11) is 3.62. The van der Waals surface area contributed by atoms with Gasteiger partial charge in [-0.1, -0.05) is 20.8 Å². The summed E-state index contributed by atoms with van der Waals surface area (Å²) in [5, 5.41) is 22.5. The molecule has 1 aromatic carbocycles. The molecule has 1 unspecified atom stereocenters. The van der Waals surface area contributed by atoms with Gasteiger partial charge in [0.2, 0.25) is 0 Å². The Balaban J connectivity index is 3.71. The van der Waals surface area contributed by atoms with E-state index in [-0.39, 0.29) is 17.4 Å². The Morgan fingerprint density at radius 3 is 1.86 bits per heavy atom. The summed E-state index contributed by atoms with van der Waals surface area (Å²) in [6.45, 7) is 7.39. The van der Waals surface area contributed by atoms with Gasteiger partial charge in [-0.15, -0.1) is 0 Å². The summed E-state index contributed by atoms with van der Waals surface area (Å²) in [6.07, 6.45) is 0. The van der Waals surface area contributed by atoms with Gasteiger partial charge in [0.25, 0.3) is 11.4 Å². The van der Waals surface area contributed by atoms with E-state index in [2.05, 4.69) is 0 Å². The van der Waals surface area contributed by atoms with E-state index in [1.807, 2.05) is 46.7 Å². The first-order chi connectivity index (χ1) is 9.46. The molecule has 0 saturated carbocycles. The maximum Gasteiger partial charge on any atom is 0.281 e. The molecule has 1 atom stereocenters. The molecule has 7 nitrogen and oxygen atoms in total. The second kappa shape index (κ2) is 5.77. The molecule has 0 amide bonds. The molecule has 0 bridgehead atoms. The third-order valence-corrected chi connectivity index (χ3v) is 3.57. The number of nitro benzene ring substituents is 2. The standard InChI is InChI=1S/C14H21N3O4/c1-9(15(5)6)10-7-11(14(2,3)4)13(17(20)21)8-12(10)16(18)19/h7-9H,1-6H3. The maximum atomic E-state index is 11.2. The van der Waals surface area contributed by atoms with Crippen molar-refractivity contribution in [1.82, 2.24) is 4.90 Å². The molecule has 0 heterocycles. The van der Waals surface area contributed by atoms with Crippen LogP contribution in [0.5, 0.6) is 0 Å². The van der Waals surface area contributed by atoms with Crippen LogP contribution in [0.25, 0.3) is 0 Å². The van der Waals surface area contributed by atoms with E-state index in [0.29, 0.717) is 11.1 Å². The van der Waals surface area contributed by atoms with E-state index in [0.717, 1.165) is 6.07 Å². The fourth-order valence-corrected chi connectivity index (χ4v) is 2.12. The zero-order valence-corrected chi connectivity index (χ0v) is 13.2. The monoisotopic (exact) mass is 295 g/mol. The molecule has 0 aliphatic rings. The van der Waals surface area contributed by atoms with Gasteiger partial charge in [-0.3, -0.25) is 20.2 Å². The van der Waals surface area contributed by atoms with Gasteiger partial charge in [-0.2, -0.15) is 0 Å². The molecule has 0 aliphatic carbocycles. The minimum absolute atomic E-state index is 0.205. The van der Waals surface area contributed by atoms with Crippen LogP contribution in [-0.2, 0) is 5.41 Å². The third-order valence-electron chi connectivity index (χ3n) is 3.57. The summed E-state index contributed by atoms with van der Waals surface area (Å²) < 4.78 is 0. The normalized spacial score (nSPS) is 13.3. The van der Waals surface area contributed by atoms with Gasteiger partial charge in [0.1, 0.15) is 0 Å². The molecular weight excluding hydrogens is 274 g/mol. The summed E-state index contributed by atoms with van der Waals surface area (Å²) >= 11 is 0. The van der Waals surface area contributed by atoms with Gasteiger partial charge < -0.3 is 4.90 Å². The highest BCUT2D eigenvalue weighted by molar-refractivity contribution is 5.57. The zero-order chi connectivity index (χ0) is 16.5. The van der Waals surface area contributed by atoms with Crippen LogP contribution in [0.3, 0.4) is 0 Å². The average Bonchev–Trinajstić information content (AvgIpc) is 2.34. The fraction of sp³-hybridized carbons (Fsp3) is 0.571. The Morgan fingerprint density at radius 2 is 1.52 bits per heavy atom. The molecule has 0 N–H and O–H groups in total. The van der Waals surface area contributed by atoms with Crippen molar-refractivity contribution in [2.75, 3.05) is 14.1 Å². The summed E-state index contributed by atoms with van der Waals surface area (Å²) in [6, 6.07) is 2.46. The number of benzene rings is 1. The van der Waals surface area contributed by atoms with Crippen molar-refractivity contribution >= 4 is 11.4 Å². The van der Waals surface area contributed by atoms with Crippen LogP contribution in [0.4, 0.5) is 11.4 Å². The SMILES string of the molecule is CC(c1cc(C(C)(C)C)c([N+](=O)[O-])cc1[N+](=O)[O-])N(C)C. The summed E-state index contributed by atoms with van der Waals surface area (Å²) in [4.78, 5) is 23.2. The van der Waals surface area contributed by atoms with Crippen molar-refractivity contribution in [3.8, 4) is 0 Å². The van der Waals surface area contributed by atoms with Crippen LogP contribution < -0.4 is 0 Å². The summed E-state index contributed by atoms with van der Waals surface area (Å²) in [5.41, 5.74) is 0.0975. The lowest BCUT2D eigenvalue weighted by Crippen LogP contribution is -2.20. The molecule has 1 rings (SSSR count). The highest BCUT2D eigenvalue weighted by atomic mass is 16.6. The second-order valence-corrected chi connectivity index (χ2v) is 6.33. The minimum atomic E-state index is -0.561. The molecule has 0 aromatic heterocycles. The lowest BCUT2D eigenvalue weighted by atomic mass is 9.83. The topological polar surface area (TPSA) is 89.5 Å². The van der Waals surface area contributed by atoms with Crippen LogP contribution in [0, 0.1) is 20.2 Å². The molecule has 0 radical (unpaired) electrons. The highest BCUT2D eigenvalue weighted by Gasteiger charge is 2.32. The molecule has 7 heteroatoms. The van der Waals surface area contributed by atoms with E-state index in [1.54, 1.807) is 6.07 Å². The number of rotatable bonds is 4. The largest absolute Gasteiger partial charge is 0.302 e. The van der Waals surface area contributed by atoms with Gasteiger partial charge in [0.15, 0.2) is 0 Å². The van der Waals surface area contributed by atoms with E-state index < -0.39 is 15.3 Å². The predicted octanol–water partition coefficient (Wildman–Crippen LogP) is 3.42. The first-order valence-electron chi connectivity index (χ1n) is 6.60. The van der Waals surface area contributed by atoms with Crippen molar-refractivity contribution in [3.05, 3.63) is 43.5 Å². The fourth-order valence-electron chi connectivity index (χ4n) is 2.12. The lowest BCUT2D eigenvalue weighted by Gasteiger charge is -2.24. The van der Waals surface area contributed by atoms with Crippen molar-refractivity contribution in [3.63, 3.8) is 0 Å². The Morgan fingerprint density at radius 1 is 1.05 bits per heavy atom. The highest BCUT2D eigenvalue weighted by Crippen LogP contribution is 2.39. The number of nitro groups is 2. The van der Waals surface area contributed by atoms with Crippen LogP contribution >= 0.6 is 0 Å². The molecule has 21 heavy (non-hydrogen) atoms. The van der Waals surface area contributed by atoms with Crippen LogP contribution in [0.2, 0.25) is 0 Å². The van der Waals surface area contributed by atoms with Gasteiger partial charge in [-0.25, -0.2) is 0 Å². The smallest absolute Gasteiger partial charge is 0.281 e. The number of hydrogen-bond donors (Lipinski definition) is 0. The van der Waals surface area contributed by atoms with Gasteiger partial charge in [0, 0.05) is 17.2 Å². The predicted molar refractivity (Wildman–Crippen MR) is 80.6 cm³/mol. The first kappa shape index (κ1) is 17.0. The van der Waals surface area contributed by atoms with Gasteiger partial charge in [0.05, 0.1) is 15.9 Å². The van der Waals surface area contributed by atoms with E-state index in [4.69, 9.17) is 0 Å². The molecule has 0 saturated heterocycles. The quantitative estimate of drug-likeness (QED) is 0.627. The lowest BCUT2D eigenvalue weighted by molar-refractivity contribution is -0.395. The minimum Gasteiger partial charge on any atom is -0.302 e. The first-order valence-corrected chi connectivity index (χ1v) is 6.60. The van der Waals surface area contributed by atoms with Gasteiger partial charge >= 0.3 is 0 Å². The molecule has 0 spiro atoms. The van der Waals surface area contributed by atoms with Crippen LogP contribution in [-0.4, -0.2) is 28.8 Å². The Bertz CT molecular complexity index is 576. The van der Waals surface area contributed by atoms with Crippen molar-refractivity contribution < 1.29 is 9.85 Å². The molecule has 0 fully saturated rings. The third kappa shape index (κ3) is 3.55. The number of hydrogen-bond acceptors (Lipinski definition) is 5. The summed E-state index contributed by atoms with van der Waals surface area (Å²) in [5.74, 6) is 0. The average molecular weight is 295 g/mol. The van der Waals surface area contributed by atoms with Gasteiger partial charge in [-0.05, 0) is 32.5 Å². The molecule has 1 aromatic rings. The maximum absolute atomic E-state index is 11.2. The van der Waals surface area contributed by atoms with Crippen LogP contribution in [0.1, 0.15) is 44.9 Å². The second-order valence-electron chi connectivity index (χ2n) is 6.33. The molecule has 0 aliphatic heterocycles. The zero-order valence-electron chi connectivity index (χ0n) is 13.2. The van der Waals surface area contributed by atoms with Crippen LogP contribution in [0.15, 0.2) is 12.1 Å². The Labute approximate surface area is 123 Å². The number of nitrogens with zero attached hydrogens (tertiary/aromatic N) is 3. The molecular formula is C14H21N3O4. The Hall–Kier alpha value is -2.02. The molecule has 116 valence electrons. The van der Waals surface area contributed by atoms with E-state index in [1.165, 1.54) is 0 Å². The van der Waals surface area contributed by atoms with Crippen molar-refractivity contribution in [1.29, 1.82) is 0 Å². The van der Waals surface area contributed by atoms with E-state index >= 15 is 0 Å². The Kier molecular flexibility index (Phi) is 4.68. The van der Waals surface area contributed by atoms with Crippen molar-refractivity contribution in [2.24, 2.45) is 0 Å². The van der Waals surface area contributed by atoms with E-state index in [9.17, 15) is 20.2 Å². The van der Waals surface area contributed by atoms with Crippen molar-refractivity contribution in [2.45, 2.75) is 39.2 Å².